The zero-order valence-corrected chi connectivity index (χ0v) is 18.9. The van der Waals surface area contributed by atoms with Crippen LogP contribution in [0, 0.1) is 11.6 Å². The molecule has 0 radical (unpaired) electrons. The number of nitrogens with one attached hydrogen (secondary N) is 1. The molecule has 0 aliphatic heterocycles. The topological polar surface area (TPSA) is 41.6 Å². The summed E-state index contributed by atoms with van der Waals surface area (Å²) in [4.78, 5) is 14.7. The molecule has 0 aliphatic carbocycles. The van der Waals surface area contributed by atoms with E-state index in [4.69, 9.17) is 4.74 Å². The van der Waals surface area contributed by atoms with Gasteiger partial charge in [0.1, 0.15) is 17.4 Å². The molecule has 2 aromatic rings. The highest BCUT2D eigenvalue weighted by Gasteiger charge is 2.13. The number of halogens is 2. The van der Waals surface area contributed by atoms with Crippen LogP contribution in [0.15, 0.2) is 42.5 Å². The largest absolute Gasteiger partial charge is 0.496 e. The van der Waals surface area contributed by atoms with Gasteiger partial charge in [-0.2, -0.15) is 0 Å². The predicted octanol–water partition coefficient (Wildman–Crippen LogP) is 5.68. The number of benzene rings is 2. The molecule has 0 heterocycles. The lowest BCUT2D eigenvalue weighted by molar-refractivity contribution is -0.111. The van der Waals surface area contributed by atoms with Crippen molar-refractivity contribution in [3.8, 4) is 5.75 Å². The van der Waals surface area contributed by atoms with Crippen LogP contribution in [0.3, 0.4) is 0 Å². The predicted molar refractivity (Wildman–Crippen MR) is 122 cm³/mol. The van der Waals surface area contributed by atoms with Crippen LogP contribution < -0.4 is 10.1 Å². The molecule has 0 spiro atoms. The van der Waals surface area contributed by atoms with Crippen LogP contribution in [0.2, 0.25) is 0 Å². The second-order valence-electron chi connectivity index (χ2n) is 8.08. The third-order valence-corrected chi connectivity index (χ3v) is 5.05. The van der Waals surface area contributed by atoms with Crippen LogP contribution in [0.25, 0.3) is 6.08 Å². The van der Waals surface area contributed by atoms with Gasteiger partial charge < -0.3 is 10.1 Å². The Morgan fingerprint density at radius 2 is 1.71 bits per heavy atom. The molecule has 31 heavy (non-hydrogen) atoms. The molecule has 1 N–H and O–H groups in total. The Morgan fingerprint density at radius 3 is 2.29 bits per heavy atom. The Hall–Kier alpha value is -2.73. The highest BCUT2D eigenvalue weighted by molar-refractivity contribution is 6.02. The fraction of sp³-hybridized carbons (Fsp3) is 0.400. The summed E-state index contributed by atoms with van der Waals surface area (Å²) in [6.07, 6.45) is 4.41. The van der Waals surface area contributed by atoms with Gasteiger partial charge in [0.05, 0.1) is 7.11 Å². The van der Waals surface area contributed by atoms with Gasteiger partial charge in [0, 0.05) is 29.9 Å². The number of rotatable bonds is 10. The molecule has 0 saturated heterocycles. The highest BCUT2D eigenvalue weighted by Crippen LogP contribution is 2.24. The number of carbonyl (C=O) groups is 1. The first-order valence-corrected chi connectivity index (χ1v) is 10.6. The monoisotopic (exact) mass is 430 g/mol. The molecule has 2 aromatic carbocycles. The summed E-state index contributed by atoms with van der Waals surface area (Å²) < 4.78 is 32.0. The lowest BCUT2D eigenvalue weighted by Crippen LogP contribution is -2.37. The molecule has 4 nitrogen and oxygen atoms in total. The normalized spacial score (nSPS) is 11.7. The third-order valence-electron chi connectivity index (χ3n) is 5.05. The number of anilines is 1. The summed E-state index contributed by atoms with van der Waals surface area (Å²) in [7, 11) is 1.63. The van der Waals surface area contributed by atoms with Crippen molar-refractivity contribution in [2.75, 3.05) is 19.0 Å². The minimum Gasteiger partial charge on any atom is -0.496 e. The Kier molecular flexibility index (Phi) is 9.19. The van der Waals surface area contributed by atoms with Crippen LogP contribution in [0.1, 0.15) is 45.2 Å². The van der Waals surface area contributed by atoms with Gasteiger partial charge in [0.15, 0.2) is 0 Å². The Morgan fingerprint density at radius 1 is 1.06 bits per heavy atom. The molecular formula is C25H32F2N2O2. The number of carbonyl (C=O) groups excluding carboxylic acids is 1. The SMILES string of the molecule is COc1ccc(NC(=O)/C=C/c2cc(F)cc(F)c2)cc1CCCN(C(C)C)C(C)C. The number of methoxy groups -OCH3 is 1. The maximum absolute atomic E-state index is 13.3. The second kappa shape index (κ2) is 11.6. The van der Waals surface area contributed by atoms with Crippen LogP contribution in [0.5, 0.6) is 5.75 Å². The summed E-state index contributed by atoms with van der Waals surface area (Å²) in [6.45, 7) is 9.76. The lowest BCUT2D eigenvalue weighted by atomic mass is 10.1. The number of amides is 1. The van der Waals surface area contributed by atoms with E-state index in [1.54, 1.807) is 13.2 Å². The van der Waals surface area contributed by atoms with Crippen molar-refractivity contribution in [2.24, 2.45) is 0 Å². The molecule has 168 valence electrons. The van der Waals surface area contributed by atoms with Crippen molar-refractivity contribution >= 4 is 17.7 Å². The first kappa shape index (κ1) is 24.5. The zero-order valence-electron chi connectivity index (χ0n) is 18.9. The first-order valence-electron chi connectivity index (χ1n) is 10.6. The van der Waals surface area contributed by atoms with E-state index >= 15 is 0 Å². The van der Waals surface area contributed by atoms with E-state index in [1.807, 2.05) is 12.1 Å². The van der Waals surface area contributed by atoms with E-state index in [9.17, 15) is 13.6 Å². The quantitative estimate of drug-likeness (QED) is 0.493. The summed E-state index contributed by atoms with van der Waals surface area (Å²) in [6, 6.07) is 9.58. The van der Waals surface area contributed by atoms with Crippen molar-refractivity contribution in [3.63, 3.8) is 0 Å². The molecule has 6 heteroatoms. The Balaban J connectivity index is 2.03. The van der Waals surface area contributed by atoms with Crippen LogP contribution in [-0.2, 0) is 11.2 Å². The molecule has 0 aromatic heterocycles. The van der Waals surface area contributed by atoms with E-state index in [-0.39, 0.29) is 11.5 Å². The van der Waals surface area contributed by atoms with Crippen molar-refractivity contribution in [3.05, 3.63) is 65.2 Å². The Bertz CT molecular complexity index is 882. The molecule has 1 amide bonds. The second-order valence-corrected chi connectivity index (χ2v) is 8.08. The number of nitrogens with zero attached hydrogens (tertiary/aromatic N) is 1. The fourth-order valence-electron chi connectivity index (χ4n) is 3.64. The summed E-state index contributed by atoms with van der Waals surface area (Å²) >= 11 is 0. The highest BCUT2D eigenvalue weighted by atomic mass is 19.1. The van der Waals surface area contributed by atoms with Gasteiger partial charge in [-0.1, -0.05) is 0 Å². The molecule has 0 bridgehead atoms. The van der Waals surface area contributed by atoms with Gasteiger partial charge in [-0.15, -0.1) is 0 Å². The van der Waals surface area contributed by atoms with Crippen LogP contribution in [0.4, 0.5) is 14.5 Å². The lowest BCUT2D eigenvalue weighted by Gasteiger charge is -2.30. The minimum atomic E-state index is -0.687. The zero-order chi connectivity index (χ0) is 23.0. The number of ether oxygens (including phenoxy) is 1. The number of aryl methyl sites for hydroxylation is 1. The fourth-order valence-corrected chi connectivity index (χ4v) is 3.64. The molecule has 0 fully saturated rings. The maximum Gasteiger partial charge on any atom is 0.248 e. The summed E-state index contributed by atoms with van der Waals surface area (Å²) in [5, 5.41) is 2.79. The Labute approximate surface area is 183 Å². The average Bonchev–Trinajstić information content (AvgIpc) is 2.68. The van der Waals surface area contributed by atoms with E-state index in [2.05, 4.69) is 37.9 Å². The number of hydrogen-bond donors (Lipinski definition) is 1. The van der Waals surface area contributed by atoms with E-state index < -0.39 is 11.6 Å². The smallest absolute Gasteiger partial charge is 0.248 e. The maximum atomic E-state index is 13.3. The average molecular weight is 431 g/mol. The molecule has 0 saturated carbocycles. The van der Waals surface area contributed by atoms with Gasteiger partial charge in [-0.3, -0.25) is 9.69 Å². The summed E-state index contributed by atoms with van der Waals surface area (Å²) in [5.74, 6) is -0.974. The third kappa shape index (κ3) is 7.79. The van der Waals surface area contributed by atoms with Gasteiger partial charge in [-0.05, 0) is 94.6 Å². The van der Waals surface area contributed by atoms with Gasteiger partial charge in [0.2, 0.25) is 5.91 Å². The molecule has 2 rings (SSSR count). The van der Waals surface area contributed by atoms with E-state index in [0.29, 0.717) is 17.8 Å². The van der Waals surface area contributed by atoms with Gasteiger partial charge >= 0.3 is 0 Å². The number of hydrogen-bond acceptors (Lipinski definition) is 3. The van der Waals surface area contributed by atoms with E-state index in [0.717, 1.165) is 48.9 Å². The molecule has 0 aliphatic rings. The molecular weight excluding hydrogens is 398 g/mol. The van der Waals surface area contributed by atoms with Gasteiger partial charge in [-0.25, -0.2) is 8.78 Å². The summed E-state index contributed by atoms with van der Waals surface area (Å²) in [5.41, 5.74) is 1.94. The minimum absolute atomic E-state index is 0.280. The van der Waals surface area contributed by atoms with Crippen molar-refractivity contribution in [1.29, 1.82) is 0 Å². The van der Waals surface area contributed by atoms with Gasteiger partial charge in [0.25, 0.3) is 0 Å². The van der Waals surface area contributed by atoms with Crippen LogP contribution in [-0.4, -0.2) is 36.5 Å². The van der Waals surface area contributed by atoms with Crippen molar-refractivity contribution < 1.29 is 18.3 Å². The van der Waals surface area contributed by atoms with Crippen molar-refractivity contribution in [1.82, 2.24) is 4.90 Å². The molecule has 0 atom stereocenters. The van der Waals surface area contributed by atoms with Crippen molar-refractivity contribution in [2.45, 2.75) is 52.6 Å². The standard InChI is InChI=1S/C25H32F2N2O2/c1-17(2)29(18(3)4)12-6-7-20-15-23(9-10-24(20)31-5)28-25(30)11-8-19-13-21(26)16-22(27)14-19/h8-11,13-18H,6-7,12H2,1-5H3,(H,28,30)/b11-8+. The van der Waals surface area contributed by atoms with E-state index in [1.165, 1.54) is 12.2 Å². The molecule has 0 unspecified atom stereocenters. The first-order chi connectivity index (χ1) is 14.7. The van der Waals surface area contributed by atoms with Crippen LogP contribution >= 0.6 is 0 Å².